The van der Waals surface area contributed by atoms with E-state index in [9.17, 15) is 14.0 Å². The maximum Gasteiger partial charge on any atom is 0.276 e. The Bertz CT molecular complexity index is 972. The SMILES string of the molecule is CCC(C)(C)NC(=O)C(c1ccco1)N(Cc1ccc(F)cc1)C(=O)c1csnn1. The average Bonchev–Trinajstić information content (AvgIpc) is 3.42. The number of carbonyl (C=O) groups is 2. The summed E-state index contributed by atoms with van der Waals surface area (Å²) in [6, 6.07) is 8.03. The number of benzene rings is 1. The normalized spacial score (nSPS) is 12.4. The summed E-state index contributed by atoms with van der Waals surface area (Å²) in [5.41, 5.74) is 0.308. The number of amides is 2. The minimum absolute atomic E-state index is 0.0575. The van der Waals surface area contributed by atoms with Crippen LogP contribution in [0.3, 0.4) is 0 Å². The van der Waals surface area contributed by atoms with Crippen LogP contribution in [-0.2, 0) is 11.3 Å². The Balaban J connectivity index is 2.02. The van der Waals surface area contributed by atoms with Crippen LogP contribution in [0.5, 0.6) is 0 Å². The molecule has 30 heavy (non-hydrogen) atoms. The molecule has 0 spiro atoms. The van der Waals surface area contributed by atoms with Crippen LogP contribution in [0, 0.1) is 5.82 Å². The van der Waals surface area contributed by atoms with Gasteiger partial charge in [-0.15, -0.1) is 5.10 Å². The molecule has 1 atom stereocenters. The topological polar surface area (TPSA) is 88.3 Å². The van der Waals surface area contributed by atoms with E-state index < -0.39 is 17.5 Å². The van der Waals surface area contributed by atoms with Crippen molar-refractivity contribution in [1.29, 1.82) is 0 Å². The van der Waals surface area contributed by atoms with E-state index >= 15 is 0 Å². The Hall–Kier alpha value is -3.07. The van der Waals surface area contributed by atoms with Crippen LogP contribution in [0.25, 0.3) is 0 Å². The van der Waals surface area contributed by atoms with Crippen molar-refractivity contribution in [3.63, 3.8) is 0 Å². The Morgan fingerprint density at radius 3 is 2.57 bits per heavy atom. The second-order valence-corrected chi connectivity index (χ2v) is 8.10. The summed E-state index contributed by atoms with van der Waals surface area (Å²) >= 11 is 1.04. The van der Waals surface area contributed by atoms with Crippen LogP contribution in [0.15, 0.2) is 52.5 Å². The number of halogens is 1. The van der Waals surface area contributed by atoms with Crippen molar-refractivity contribution in [3.8, 4) is 0 Å². The zero-order valence-corrected chi connectivity index (χ0v) is 17.8. The molecule has 2 amide bonds. The minimum atomic E-state index is -1.04. The van der Waals surface area contributed by atoms with Gasteiger partial charge in [-0.25, -0.2) is 4.39 Å². The lowest BCUT2D eigenvalue weighted by Gasteiger charge is -2.33. The van der Waals surface area contributed by atoms with Gasteiger partial charge in [0.05, 0.1) is 6.26 Å². The van der Waals surface area contributed by atoms with Crippen LogP contribution in [0.4, 0.5) is 4.39 Å². The molecule has 3 rings (SSSR count). The summed E-state index contributed by atoms with van der Waals surface area (Å²) in [5.74, 6) is -0.919. The van der Waals surface area contributed by atoms with E-state index in [1.807, 2.05) is 20.8 Å². The van der Waals surface area contributed by atoms with Gasteiger partial charge in [0.25, 0.3) is 11.8 Å². The molecule has 2 heterocycles. The lowest BCUT2D eigenvalue weighted by molar-refractivity contribution is -0.128. The van der Waals surface area contributed by atoms with Crippen molar-refractivity contribution in [3.05, 3.63) is 70.9 Å². The lowest BCUT2D eigenvalue weighted by Crippen LogP contribution is -2.50. The first kappa shape index (κ1) is 21.6. The van der Waals surface area contributed by atoms with Gasteiger partial charge in [0.2, 0.25) is 0 Å². The standard InChI is InChI=1S/C21H23FN4O3S/c1-4-21(2,3)23-19(27)18(17-6-5-11-29-17)26(20(28)16-13-30-25-24-16)12-14-7-9-15(22)10-8-14/h5-11,13,18H,4,12H2,1-3H3,(H,23,27). The second kappa shape index (κ2) is 9.17. The second-order valence-electron chi connectivity index (χ2n) is 7.49. The van der Waals surface area contributed by atoms with E-state index in [1.54, 1.807) is 24.3 Å². The highest BCUT2D eigenvalue weighted by Crippen LogP contribution is 2.27. The molecule has 158 valence electrons. The number of aromatic nitrogens is 2. The van der Waals surface area contributed by atoms with Crippen LogP contribution in [0.2, 0.25) is 0 Å². The first-order valence-electron chi connectivity index (χ1n) is 9.48. The van der Waals surface area contributed by atoms with Crippen molar-refractivity contribution < 1.29 is 18.4 Å². The van der Waals surface area contributed by atoms with Gasteiger partial charge in [0, 0.05) is 17.5 Å². The molecule has 1 unspecified atom stereocenters. The summed E-state index contributed by atoms with van der Waals surface area (Å²) in [5, 5.41) is 8.37. The summed E-state index contributed by atoms with van der Waals surface area (Å²) in [6.07, 6.45) is 2.15. The summed E-state index contributed by atoms with van der Waals surface area (Å²) in [6.45, 7) is 5.83. The number of rotatable bonds is 8. The molecule has 1 N–H and O–H groups in total. The minimum Gasteiger partial charge on any atom is -0.467 e. The number of furan rings is 1. The zero-order chi connectivity index (χ0) is 21.7. The third-order valence-corrected chi connectivity index (χ3v) is 5.33. The molecule has 2 aromatic heterocycles. The highest BCUT2D eigenvalue weighted by atomic mass is 32.1. The smallest absolute Gasteiger partial charge is 0.276 e. The zero-order valence-electron chi connectivity index (χ0n) is 17.0. The average molecular weight is 431 g/mol. The fourth-order valence-corrected chi connectivity index (χ4v) is 3.26. The molecule has 0 fully saturated rings. The molecular formula is C21H23FN4O3S. The predicted octanol–water partition coefficient (Wildman–Crippen LogP) is 3.96. The summed E-state index contributed by atoms with van der Waals surface area (Å²) < 4.78 is 22.6. The molecule has 9 heteroatoms. The number of carbonyl (C=O) groups excluding carboxylic acids is 2. The predicted molar refractivity (Wildman–Crippen MR) is 110 cm³/mol. The summed E-state index contributed by atoms with van der Waals surface area (Å²) in [4.78, 5) is 28.0. The van der Waals surface area contributed by atoms with Crippen LogP contribution in [0.1, 0.15) is 55.0 Å². The molecule has 0 saturated heterocycles. The van der Waals surface area contributed by atoms with Gasteiger partial charge in [-0.2, -0.15) is 0 Å². The molecule has 1 aromatic carbocycles. The van der Waals surface area contributed by atoms with Gasteiger partial charge < -0.3 is 14.6 Å². The third-order valence-electron chi connectivity index (χ3n) is 4.82. The molecular weight excluding hydrogens is 407 g/mol. The fourth-order valence-electron chi connectivity index (χ4n) is 2.83. The van der Waals surface area contributed by atoms with Gasteiger partial charge in [-0.3, -0.25) is 9.59 Å². The Morgan fingerprint density at radius 1 is 1.27 bits per heavy atom. The van der Waals surface area contributed by atoms with Gasteiger partial charge in [0.15, 0.2) is 11.7 Å². The molecule has 0 saturated carbocycles. The molecule has 0 aliphatic heterocycles. The maximum atomic E-state index is 13.4. The van der Waals surface area contributed by atoms with Gasteiger partial charge in [-0.05, 0) is 61.6 Å². The van der Waals surface area contributed by atoms with E-state index in [0.29, 0.717) is 17.7 Å². The van der Waals surface area contributed by atoms with Gasteiger partial charge >= 0.3 is 0 Å². The molecule has 0 aliphatic carbocycles. The first-order valence-corrected chi connectivity index (χ1v) is 10.3. The van der Waals surface area contributed by atoms with Crippen LogP contribution >= 0.6 is 11.5 Å². The van der Waals surface area contributed by atoms with Gasteiger partial charge in [0.1, 0.15) is 11.6 Å². The Morgan fingerprint density at radius 2 is 2.00 bits per heavy atom. The molecule has 0 aliphatic rings. The molecule has 0 bridgehead atoms. The Kier molecular flexibility index (Phi) is 6.61. The third kappa shape index (κ3) is 5.10. The molecule has 0 radical (unpaired) electrons. The lowest BCUT2D eigenvalue weighted by atomic mass is 10.0. The van der Waals surface area contributed by atoms with E-state index in [-0.39, 0.29) is 24.0 Å². The highest BCUT2D eigenvalue weighted by molar-refractivity contribution is 7.03. The van der Waals surface area contributed by atoms with E-state index in [0.717, 1.165) is 11.5 Å². The number of hydrogen-bond acceptors (Lipinski definition) is 6. The van der Waals surface area contributed by atoms with Crippen molar-refractivity contribution in [1.82, 2.24) is 19.8 Å². The number of nitrogens with zero attached hydrogens (tertiary/aromatic N) is 3. The van der Waals surface area contributed by atoms with Crippen molar-refractivity contribution in [2.75, 3.05) is 0 Å². The van der Waals surface area contributed by atoms with Crippen LogP contribution < -0.4 is 5.32 Å². The van der Waals surface area contributed by atoms with E-state index in [4.69, 9.17) is 4.42 Å². The highest BCUT2D eigenvalue weighted by Gasteiger charge is 2.37. The van der Waals surface area contributed by atoms with E-state index in [2.05, 4.69) is 14.9 Å². The van der Waals surface area contributed by atoms with Crippen molar-refractivity contribution in [2.24, 2.45) is 0 Å². The quantitative estimate of drug-likeness (QED) is 0.584. The largest absolute Gasteiger partial charge is 0.467 e. The number of nitrogens with one attached hydrogen (secondary N) is 1. The van der Waals surface area contributed by atoms with Crippen LogP contribution in [-0.4, -0.2) is 31.8 Å². The molecule has 3 aromatic rings. The first-order chi connectivity index (χ1) is 14.3. The van der Waals surface area contributed by atoms with Crippen molar-refractivity contribution >= 4 is 23.3 Å². The van der Waals surface area contributed by atoms with Gasteiger partial charge in [-0.1, -0.05) is 23.5 Å². The van der Waals surface area contributed by atoms with Crippen molar-refractivity contribution in [2.45, 2.75) is 45.3 Å². The fraction of sp³-hybridized carbons (Fsp3) is 0.333. The number of hydrogen-bond donors (Lipinski definition) is 1. The Labute approximate surface area is 178 Å². The summed E-state index contributed by atoms with van der Waals surface area (Å²) in [7, 11) is 0. The monoisotopic (exact) mass is 430 g/mol. The molecule has 7 nitrogen and oxygen atoms in total. The maximum absolute atomic E-state index is 13.4. The van der Waals surface area contributed by atoms with E-state index in [1.165, 1.54) is 28.7 Å².